The lowest BCUT2D eigenvalue weighted by molar-refractivity contribution is 0.266. The smallest absolute Gasteiger partial charge is 0.0683 e. The van der Waals surface area contributed by atoms with Gasteiger partial charge < -0.3 is 15.8 Å². The minimum Gasteiger partial charge on any atom is -0.394 e. The predicted octanol–water partition coefficient (Wildman–Crippen LogP) is 0.769. The van der Waals surface area contributed by atoms with Crippen molar-refractivity contribution in [1.29, 1.82) is 0 Å². The lowest BCUT2D eigenvalue weighted by Gasteiger charge is -2.02. The van der Waals surface area contributed by atoms with Crippen LogP contribution in [0, 0.1) is 0 Å². The number of hydrogen-bond acceptors (Lipinski definition) is 2. The average molecular weight is 205 g/mol. The fraction of sp³-hybridized carbons (Fsp3) is 0.333. The summed E-state index contributed by atoms with van der Waals surface area (Å²) in [5, 5.41) is 8.64. The number of aromatic amines is 1. The Balaban J connectivity index is 2.74. The summed E-state index contributed by atoms with van der Waals surface area (Å²) in [5.74, 6) is 0. The summed E-state index contributed by atoms with van der Waals surface area (Å²) in [5.41, 5.74) is 6.35. The zero-order valence-corrected chi connectivity index (χ0v) is 6.93. The Labute approximate surface area is 67.4 Å². The third-order valence-electron chi connectivity index (χ3n) is 1.27. The van der Waals surface area contributed by atoms with Gasteiger partial charge in [-0.25, -0.2) is 0 Å². The molecule has 0 fully saturated rings. The SMILES string of the molecule is N[C@H](CO)c1cc(Br)c[nH]1. The first-order chi connectivity index (χ1) is 4.74. The maximum atomic E-state index is 8.64. The van der Waals surface area contributed by atoms with Crippen LogP contribution in [0.4, 0.5) is 0 Å². The van der Waals surface area contributed by atoms with E-state index >= 15 is 0 Å². The lowest BCUT2D eigenvalue weighted by atomic mass is 10.2. The summed E-state index contributed by atoms with van der Waals surface area (Å²) in [4.78, 5) is 2.92. The van der Waals surface area contributed by atoms with E-state index in [-0.39, 0.29) is 12.6 Å². The molecule has 0 saturated carbocycles. The van der Waals surface area contributed by atoms with E-state index in [1.54, 1.807) is 6.20 Å². The van der Waals surface area contributed by atoms with Crippen LogP contribution >= 0.6 is 15.9 Å². The van der Waals surface area contributed by atoms with Crippen molar-refractivity contribution in [2.75, 3.05) is 6.61 Å². The molecule has 0 radical (unpaired) electrons. The minimum absolute atomic E-state index is 0.0348. The van der Waals surface area contributed by atoms with Gasteiger partial charge in [-0.1, -0.05) is 0 Å². The van der Waals surface area contributed by atoms with E-state index in [4.69, 9.17) is 10.8 Å². The molecule has 0 aromatic carbocycles. The van der Waals surface area contributed by atoms with Crippen LogP contribution in [-0.4, -0.2) is 16.7 Å². The number of halogens is 1. The summed E-state index contributed by atoms with van der Waals surface area (Å²) in [6, 6.07) is 1.55. The molecule has 56 valence electrons. The van der Waals surface area contributed by atoms with E-state index in [2.05, 4.69) is 20.9 Å². The van der Waals surface area contributed by atoms with Gasteiger partial charge in [-0.15, -0.1) is 0 Å². The van der Waals surface area contributed by atoms with Gasteiger partial charge in [-0.2, -0.15) is 0 Å². The van der Waals surface area contributed by atoms with Crippen LogP contribution in [0.1, 0.15) is 11.7 Å². The van der Waals surface area contributed by atoms with Crippen LogP contribution in [0.25, 0.3) is 0 Å². The van der Waals surface area contributed by atoms with E-state index in [0.717, 1.165) is 10.2 Å². The number of aliphatic hydroxyl groups excluding tert-OH is 1. The van der Waals surface area contributed by atoms with Gasteiger partial charge in [0.15, 0.2) is 0 Å². The molecule has 1 aromatic heterocycles. The number of rotatable bonds is 2. The highest BCUT2D eigenvalue weighted by Crippen LogP contribution is 2.14. The van der Waals surface area contributed by atoms with Crippen LogP contribution in [0.2, 0.25) is 0 Å². The van der Waals surface area contributed by atoms with Gasteiger partial charge in [-0.3, -0.25) is 0 Å². The van der Waals surface area contributed by atoms with Crippen molar-refractivity contribution >= 4 is 15.9 Å². The van der Waals surface area contributed by atoms with Crippen LogP contribution in [0.5, 0.6) is 0 Å². The first kappa shape index (κ1) is 7.78. The van der Waals surface area contributed by atoms with Crippen molar-refractivity contribution in [3.63, 3.8) is 0 Å². The van der Waals surface area contributed by atoms with Gasteiger partial charge in [-0.05, 0) is 22.0 Å². The van der Waals surface area contributed by atoms with Gasteiger partial charge >= 0.3 is 0 Å². The Morgan fingerprint density at radius 1 is 1.80 bits per heavy atom. The van der Waals surface area contributed by atoms with E-state index < -0.39 is 0 Å². The second kappa shape index (κ2) is 3.18. The highest BCUT2D eigenvalue weighted by atomic mass is 79.9. The topological polar surface area (TPSA) is 62.0 Å². The number of H-pyrrole nitrogens is 1. The van der Waals surface area contributed by atoms with Crippen LogP contribution < -0.4 is 5.73 Å². The fourth-order valence-corrected chi connectivity index (χ4v) is 1.06. The maximum Gasteiger partial charge on any atom is 0.0683 e. The summed E-state index contributed by atoms with van der Waals surface area (Å²) in [7, 11) is 0. The quantitative estimate of drug-likeness (QED) is 0.667. The molecule has 1 heterocycles. The van der Waals surface area contributed by atoms with Gasteiger partial charge in [0.2, 0.25) is 0 Å². The largest absolute Gasteiger partial charge is 0.394 e. The molecule has 0 aliphatic carbocycles. The Hall–Kier alpha value is -0.320. The zero-order valence-electron chi connectivity index (χ0n) is 5.34. The molecular weight excluding hydrogens is 196 g/mol. The molecule has 1 atom stereocenters. The van der Waals surface area contributed by atoms with Gasteiger partial charge in [0, 0.05) is 16.4 Å². The van der Waals surface area contributed by atoms with Gasteiger partial charge in [0.05, 0.1) is 12.6 Å². The van der Waals surface area contributed by atoms with E-state index in [1.807, 2.05) is 6.07 Å². The van der Waals surface area contributed by atoms with Crippen LogP contribution in [0.3, 0.4) is 0 Å². The first-order valence-electron chi connectivity index (χ1n) is 2.94. The third kappa shape index (κ3) is 1.59. The highest BCUT2D eigenvalue weighted by molar-refractivity contribution is 9.10. The van der Waals surface area contributed by atoms with Gasteiger partial charge in [0.25, 0.3) is 0 Å². The van der Waals surface area contributed by atoms with Crippen molar-refractivity contribution in [3.8, 4) is 0 Å². The van der Waals surface area contributed by atoms with Crippen molar-refractivity contribution in [1.82, 2.24) is 4.98 Å². The van der Waals surface area contributed by atoms with Gasteiger partial charge in [0.1, 0.15) is 0 Å². The van der Waals surface area contributed by atoms with E-state index in [1.165, 1.54) is 0 Å². The molecule has 10 heavy (non-hydrogen) atoms. The molecular formula is C6H9BrN2O. The van der Waals surface area contributed by atoms with Crippen molar-refractivity contribution < 1.29 is 5.11 Å². The Morgan fingerprint density at radius 3 is 2.90 bits per heavy atom. The fourth-order valence-electron chi connectivity index (χ4n) is 0.697. The van der Waals surface area contributed by atoms with E-state index in [0.29, 0.717) is 0 Å². The maximum absolute atomic E-state index is 8.64. The molecule has 0 aliphatic heterocycles. The number of aromatic nitrogens is 1. The standard InChI is InChI=1S/C6H9BrN2O/c7-4-1-6(9-2-4)5(8)3-10/h1-2,5,9-10H,3,8H2/t5-/m1/s1. The van der Waals surface area contributed by atoms with Crippen LogP contribution in [-0.2, 0) is 0 Å². The second-order valence-corrected chi connectivity index (χ2v) is 2.98. The van der Waals surface area contributed by atoms with Crippen molar-refractivity contribution in [2.45, 2.75) is 6.04 Å². The average Bonchev–Trinajstić information content (AvgIpc) is 2.34. The molecule has 1 rings (SSSR count). The monoisotopic (exact) mass is 204 g/mol. The normalized spacial score (nSPS) is 13.5. The van der Waals surface area contributed by atoms with Crippen LogP contribution in [0.15, 0.2) is 16.7 Å². The van der Waals surface area contributed by atoms with E-state index in [9.17, 15) is 0 Å². The predicted molar refractivity (Wildman–Crippen MR) is 42.5 cm³/mol. The first-order valence-corrected chi connectivity index (χ1v) is 3.73. The molecule has 0 spiro atoms. The minimum atomic E-state index is -0.300. The molecule has 0 saturated heterocycles. The molecule has 0 amide bonds. The Kier molecular flexibility index (Phi) is 2.48. The number of aliphatic hydroxyl groups is 1. The molecule has 0 aliphatic rings. The Morgan fingerprint density at radius 2 is 2.50 bits per heavy atom. The molecule has 3 nitrogen and oxygen atoms in total. The number of nitrogens with two attached hydrogens (primary N) is 1. The van der Waals surface area contributed by atoms with Crippen molar-refractivity contribution in [2.24, 2.45) is 5.73 Å². The summed E-state index contributed by atoms with van der Waals surface area (Å²) in [6.45, 7) is -0.0348. The zero-order chi connectivity index (χ0) is 7.56. The number of nitrogens with one attached hydrogen (secondary N) is 1. The molecule has 4 heteroatoms. The third-order valence-corrected chi connectivity index (χ3v) is 1.72. The van der Waals surface area contributed by atoms with Crippen molar-refractivity contribution in [3.05, 3.63) is 22.4 Å². The molecule has 1 aromatic rings. The Bertz CT molecular complexity index is 211. The summed E-state index contributed by atoms with van der Waals surface area (Å²) < 4.78 is 0.950. The molecule has 4 N–H and O–H groups in total. The highest BCUT2D eigenvalue weighted by Gasteiger charge is 2.04. The lowest BCUT2D eigenvalue weighted by Crippen LogP contribution is -2.14. The molecule has 0 bridgehead atoms. The molecule has 0 unspecified atom stereocenters. The summed E-state index contributed by atoms with van der Waals surface area (Å²) in [6.07, 6.45) is 1.78. The number of hydrogen-bond donors (Lipinski definition) is 3. The summed E-state index contributed by atoms with van der Waals surface area (Å²) >= 11 is 3.26. The second-order valence-electron chi connectivity index (χ2n) is 2.06.